The molecule has 2 aromatic heterocycles. The number of carbonyl (C=O) groups is 1. The molecule has 0 saturated heterocycles. The van der Waals surface area contributed by atoms with Gasteiger partial charge in [0.05, 0.1) is 11.1 Å². The zero-order valence-electron chi connectivity index (χ0n) is 16.7. The van der Waals surface area contributed by atoms with Crippen molar-refractivity contribution < 1.29 is 4.79 Å². The van der Waals surface area contributed by atoms with E-state index in [1.54, 1.807) is 0 Å². The number of aryl methyl sites for hydroxylation is 3. The molecule has 0 aliphatic heterocycles. The second-order valence-electron chi connectivity index (χ2n) is 7.18. The Morgan fingerprint density at radius 2 is 1.93 bits per heavy atom. The fourth-order valence-electron chi connectivity index (χ4n) is 3.18. The predicted molar refractivity (Wildman–Crippen MR) is 114 cm³/mol. The number of hydrogen-bond acceptors (Lipinski definition) is 5. The van der Waals surface area contributed by atoms with Crippen molar-refractivity contribution in [2.45, 2.75) is 45.7 Å². The summed E-state index contributed by atoms with van der Waals surface area (Å²) in [6, 6.07) is 7.86. The lowest BCUT2D eigenvalue weighted by molar-refractivity contribution is -0.113. The quantitative estimate of drug-likeness (QED) is 0.501. The lowest BCUT2D eigenvalue weighted by atomic mass is 9.98. The number of hydrogen-bond donors (Lipinski definition) is 2. The lowest BCUT2D eigenvalue weighted by Gasteiger charge is -2.16. The average molecular weight is 397 g/mol. The van der Waals surface area contributed by atoms with Crippen LogP contribution in [0.5, 0.6) is 0 Å². The Bertz CT molecular complexity index is 1110. The number of thioether (sulfide) groups is 1. The van der Waals surface area contributed by atoms with Gasteiger partial charge >= 0.3 is 0 Å². The number of fused-ring (bicyclic) bond motifs is 1. The number of nitrogens with zero attached hydrogens (tertiary/aromatic N) is 2. The third-order valence-corrected chi connectivity index (χ3v) is 5.39. The van der Waals surface area contributed by atoms with Gasteiger partial charge in [0.2, 0.25) is 5.91 Å². The molecule has 3 rings (SSSR count). The van der Waals surface area contributed by atoms with E-state index in [0.717, 1.165) is 28.1 Å². The molecule has 0 saturated carbocycles. The maximum atomic E-state index is 12.5. The molecule has 0 aliphatic carbocycles. The number of amides is 1. The summed E-state index contributed by atoms with van der Waals surface area (Å²) >= 11 is 1.19. The predicted octanol–water partition coefficient (Wildman–Crippen LogP) is 4.10. The smallest absolute Gasteiger partial charge is 0.261 e. The van der Waals surface area contributed by atoms with Crippen LogP contribution >= 0.6 is 11.8 Å². The summed E-state index contributed by atoms with van der Waals surface area (Å²) in [6.07, 6.45) is 0. The first-order valence-corrected chi connectivity index (χ1v) is 10.1. The van der Waals surface area contributed by atoms with Crippen molar-refractivity contribution in [1.29, 1.82) is 0 Å². The van der Waals surface area contributed by atoms with Crippen LogP contribution in [0.15, 0.2) is 34.2 Å². The minimum absolute atomic E-state index is 0.141. The minimum Gasteiger partial charge on any atom is -0.325 e. The molecule has 6 nitrogen and oxygen atoms in total. The van der Waals surface area contributed by atoms with E-state index in [-0.39, 0.29) is 17.2 Å². The van der Waals surface area contributed by atoms with Gasteiger partial charge in [-0.15, -0.1) is 0 Å². The molecule has 146 valence electrons. The molecule has 1 amide bonds. The Morgan fingerprint density at radius 1 is 1.18 bits per heavy atom. The van der Waals surface area contributed by atoms with Crippen molar-refractivity contribution in [3.8, 4) is 0 Å². The van der Waals surface area contributed by atoms with Crippen LogP contribution in [0.4, 0.5) is 5.69 Å². The van der Waals surface area contributed by atoms with Crippen molar-refractivity contribution in [2.24, 2.45) is 0 Å². The van der Waals surface area contributed by atoms with Crippen molar-refractivity contribution in [3.05, 3.63) is 57.0 Å². The number of carbonyl (C=O) groups excluding carboxylic acids is 1. The number of H-pyrrole nitrogens is 1. The highest BCUT2D eigenvalue weighted by molar-refractivity contribution is 7.99. The Balaban J connectivity index is 1.78. The van der Waals surface area contributed by atoms with Gasteiger partial charge in [-0.25, -0.2) is 9.97 Å². The van der Waals surface area contributed by atoms with Gasteiger partial charge in [-0.2, -0.15) is 0 Å². The molecule has 0 atom stereocenters. The van der Waals surface area contributed by atoms with Crippen LogP contribution in [0.1, 0.15) is 42.1 Å². The van der Waals surface area contributed by atoms with Crippen LogP contribution in [-0.2, 0) is 4.79 Å². The lowest BCUT2D eigenvalue weighted by Crippen LogP contribution is -2.18. The summed E-state index contributed by atoms with van der Waals surface area (Å²) in [5.41, 5.74) is 4.80. The summed E-state index contributed by atoms with van der Waals surface area (Å²) in [5.74, 6) is 0.307. The summed E-state index contributed by atoms with van der Waals surface area (Å²) in [4.78, 5) is 36.4. The molecule has 0 aliphatic rings. The molecule has 0 fully saturated rings. The molecule has 28 heavy (non-hydrogen) atoms. The van der Waals surface area contributed by atoms with Crippen molar-refractivity contribution in [1.82, 2.24) is 15.0 Å². The highest BCUT2D eigenvalue weighted by Crippen LogP contribution is 2.27. The van der Waals surface area contributed by atoms with Crippen LogP contribution < -0.4 is 10.9 Å². The zero-order chi connectivity index (χ0) is 20.4. The Labute approximate surface area is 168 Å². The van der Waals surface area contributed by atoms with E-state index in [4.69, 9.17) is 0 Å². The summed E-state index contributed by atoms with van der Waals surface area (Å²) in [5, 5.41) is 3.88. The molecule has 0 radical (unpaired) electrons. The van der Waals surface area contributed by atoms with Gasteiger partial charge in [-0.1, -0.05) is 43.8 Å². The summed E-state index contributed by atoms with van der Waals surface area (Å²) in [6.45, 7) is 9.90. The first-order valence-electron chi connectivity index (χ1n) is 9.16. The maximum Gasteiger partial charge on any atom is 0.261 e. The van der Waals surface area contributed by atoms with Crippen molar-refractivity contribution >= 4 is 34.4 Å². The monoisotopic (exact) mass is 396 g/mol. The minimum atomic E-state index is -0.237. The number of aromatic amines is 1. The number of para-hydroxylation sites is 1. The number of nitrogens with one attached hydrogen (secondary N) is 2. The van der Waals surface area contributed by atoms with Gasteiger partial charge in [0.25, 0.3) is 5.56 Å². The summed E-state index contributed by atoms with van der Waals surface area (Å²) in [7, 11) is 0. The Kier molecular flexibility index (Phi) is 5.84. The fourth-order valence-corrected chi connectivity index (χ4v) is 3.84. The van der Waals surface area contributed by atoms with E-state index in [2.05, 4.69) is 34.1 Å². The maximum absolute atomic E-state index is 12.5. The molecule has 0 spiro atoms. The third kappa shape index (κ3) is 4.25. The molecule has 2 N–H and O–H groups in total. The third-order valence-electron chi connectivity index (χ3n) is 4.51. The van der Waals surface area contributed by atoms with E-state index in [1.165, 1.54) is 11.8 Å². The zero-order valence-corrected chi connectivity index (χ0v) is 17.5. The Hall–Kier alpha value is -2.67. The van der Waals surface area contributed by atoms with Crippen molar-refractivity contribution in [2.75, 3.05) is 11.1 Å². The van der Waals surface area contributed by atoms with Crippen LogP contribution in [0, 0.1) is 20.8 Å². The normalized spacial score (nSPS) is 11.2. The van der Waals surface area contributed by atoms with E-state index in [9.17, 15) is 9.59 Å². The highest BCUT2D eigenvalue weighted by Gasteiger charge is 2.14. The van der Waals surface area contributed by atoms with Gasteiger partial charge < -0.3 is 10.3 Å². The van der Waals surface area contributed by atoms with E-state index < -0.39 is 0 Å². The van der Waals surface area contributed by atoms with E-state index >= 15 is 0 Å². The van der Waals surface area contributed by atoms with E-state index in [0.29, 0.717) is 22.1 Å². The second-order valence-corrected chi connectivity index (χ2v) is 8.14. The highest BCUT2D eigenvalue weighted by atomic mass is 32.2. The largest absolute Gasteiger partial charge is 0.325 e. The number of benzene rings is 1. The van der Waals surface area contributed by atoms with Gasteiger partial charge in [0.1, 0.15) is 0 Å². The number of rotatable bonds is 5. The first kappa shape index (κ1) is 20.1. The van der Waals surface area contributed by atoms with Crippen LogP contribution in [0.25, 0.3) is 11.0 Å². The molecule has 7 heteroatoms. The standard InChI is InChI=1S/C21H24N4O2S/c1-11(2)15-8-6-7-12(3)18(15)23-16(26)10-28-21-24-19-17(20(27)25-21)13(4)9-14(5)22-19/h6-9,11H,10H2,1-5H3,(H,23,26)(H,22,24,25,27). The van der Waals surface area contributed by atoms with Crippen molar-refractivity contribution in [3.63, 3.8) is 0 Å². The van der Waals surface area contributed by atoms with Crippen LogP contribution in [-0.4, -0.2) is 26.6 Å². The average Bonchev–Trinajstić information content (AvgIpc) is 2.60. The van der Waals surface area contributed by atoms with Gasteiger partial charge in [-0.05, 0) is 49.4 Å². The van der Waals surface area contributed by atoms with Gasteiger partial charge in [0, 0.05) is 11.4 Å². The molecular weight excluding hydrogens is 372 g/mol. The molecule has 3 aromatic rings. The number of anilines is 1. The van der Waals surface area contributed by atoms with Gasteiger partial charge in [-0.3, -0.25) is 9.59 Å². The molecule has 2 heterocycles. The SMILES string of the molecule is Cc1cc(C)c2c(=O)[nH]c(SCC(=O)Nc3c(C)cccc3C(C)C)nc2n1. The topological polar surface area (TPSA) is 87.7 Å². The van der Waals surface area contributed by atoms with E-state index in [1.807, 2.05) is 45.0 Å². The molecular formula is C21H24N4O2S. The summed E-state index contributed by atoms with van der Waals surface area (Å²) < 4.78 is 0. The molecule has 0 bridgehead atoms. The fraction of sp³-hybridized carbons (Fsp3) is 0.333. The molecule has 1 aromatic carbocycles. The Morgan fingerprint density at radius 3 is 2.64 bits per heavy atom. The van der Waals surface area contributed by atoms with Gasteiger partial charge in [0.15, 0.2) is 10.8 Å². The number of pyridine rings is 1. The number of aromatic nitrogens is 3. The van der Waals surface area contributed by atoms with Crippen LogP contribution in [0.3, 0.4) is 0 Å². The molecule has 0 unspecified atom stereocenters. The second kappa shape index (κ2) is 8.14. The van der Waals surface area contributed by atoms with Crippen LogP contribution in [0.2, 0.25) is 0 Å². The first-order chi connectivity index (χ1) is 13.3.